The minimum Gasteiger partial charge on any atom is -0.343 e. The number of hydrogen-bond donors (Lipinski definition) is 0. The van der Waals surface area contributed by atoms with Gasteiger partial charge in [0, 0.05) is 32.1 Å². The first-order chi connectivity index (χ1) is 17.2. The van der Waals surface area contributed by atoms with Gasteiger partial charge in [-0.05, 0) is 66.8 Å². The van der Waals surface area contributed by atoms with Gasteiger partial charge in [-0.15, -0.1) is 5.10 Å². The highest BCUT2D eigenvalue weighted by atomic mass is 19.1. The van der Waals surface area contributed by atoms with Gasteiger partial charge in [-0.2, -0.15) is 5.10 Å². The molecule has 2 atom stereocenters. The van der Waals surface area contributed by atoms with Gasteiger partial charge in [0.05, 0.1) is 28.1 Å². The molecule has 6 rings (SSSR count). The van der Waals surface area contributed by atoms with E-state index in [2.05, 4.69) is 29.0 Å². The van der Waals surface area contributed by atoms with E-state index in [0.717, 1.165) is 61.5 Å². The number of carbonyl (C=O) groups excluding carboxylic acids is 1. The number of likely N-dealkylation sites (tertiary alicyclic amines) is 1. The van der Waals surface area contributed by atoms with Gasteiger partial charge in [-0.1, -0.05) is 19.9 Å². The molecule has 0 spiro atoms. The molecule has 36 heavy (non-hydrogen) atoms. The summed E-state index contributed by atoms with van der Waals surface area (Å²) in [4.78, 5) is 23.4. The van der Waals surface area contributed by atoms with Crippen LogP contribution in [0, 0.1) is 17.0 Å². The van der Waals surface area contributed by atoms with Crippen LogP contribution in [0.5, 0.6) is 0 Å². The molecule has 1 aromatic carbocycles. The Kier molecular flexibility index (Phi) is 5.21. The Morgan fingerprint density at radius 3 is 2.47 bits per heavy atom. The van der Waals surface area contributed by atoms with Gasteiger partial charge in [-0.25, -0.2) is 18.7 Å². The second-order valence-corrected chi connectivity index (χ2v) is 10.9. The molecule has 0 radical (unpaired) electrons. The van der Waals surface area contributed by atoms with Crippen molar-refractivity contribution in [3.63, 3.8) is 0 Å². The molecule has 1 amide bonds. The zero-order chi connectivity index (χ0) is 25.2. The smallest absolute Gasteiger partial charge is 0.219 e. The van der Waals surface area contributed by atoms with Gasteiger partial charge in [0.15, 0.2) is 0 Å². The highest BCUT2D eigenvalue weighted by molar-refractivity contribution is 5.73. The van der Waals surface area contributed by atoms with Crippen LogP contribution in [0.3, 0.4) is 0 Å². The van der Waals surface area contributed by atoms with Crippen molar-refractivity contribution in [2.75, 3.05) is 13.1 Å². The molecule has 3 heterocycles. The van der Waals surface area contributed by atoms with Crippen LogP contribution in [-0.2, 0) is 10.2 Å². The average Bonchev–Trinajstić information content (AvgIpc) is 3.25. The van der Waals surface area contributed by atoms with Crippen LogP contribution >= 0.6 is 0 Å². The third-order valence-electron chi connectivity index (χ3n) is 9.02. The Labute approximate surface area is 209 Å². The van der Waals surface area contributed by atoms with Crippen molar-refractivity contribution in [1.29, 1.82) is 0 Å². The van der Waals surface area contributed by atoms with Crippen LogP contribution in [0.15, 0.2) is 36.5 Å². The molecule has 1 aliphatic heterocycles. The Hall–Kier alpha value is -3.29. The molecule has 0 unspecified atom stereocenters. The maximum atomic E-state index is 14.5. The molecule has 2 aromatic heterocycles. The fourth-order valence-electron chi connectivity index (χ4n) is 7.02. The van der Waals surface area contributed by atoms with Crippen LogP contribution in [0.4, 0.5) is 8.78 Å². The molecule has 0 N–H and O–H groups in total. The van der Waals surface area contributed by atoms with Crippen molar-refractivity contribution in [2.45, 2.75) is 63.7 Å². The normalized spacial score (nSPS) is 24.7. The van der Waals surface area contributed by atoms with Crippen molar-refractivity contribution >= 4 is 5.91 Å². The van der Waals surface area contributed by atoms with Gasteiger partial charge in [-0.3, -0.25) is 4.79 Å². The molecule has 2 bridgehead atoms. The number of hydrogen-bond acceptors (Lipinski definition) is 5. The fraction of sp³-hybridized carbons (Fsp3) is 0.464. The summed E-state index contributed by atoms with van der Waals surface area (Å²) in [5.74, 6) is 0.0343. The second-order valence-electron chi connectivity index (χ2n) is 10.9. The largest absolute Gasteiger partial charge is 0.343 e. The lowest BCUT2D eigenvalue weighted by atomic mass is 9.66. The summed E-state index contributed by atoms with van der Waals surface area (Å²) in [6.45, 7) is 7.53. The topological polar surface area (TPSA) is 71.9 Å². The van der Waals surface area contributed by atoms with E-state index in [1.807, 2.05) is 23.2 Å². The third kappa shape index (κ3) is 3.15. The molecule has 1 saturated heterocycles. The number of benzene rings is 1. The summed E-state index contributed by atoms with van der Waals surface area (Å²) in [5.41, 5.74) is 2.26. The lowest BCUT2D eigenvalue weighted by Gasteiger charge is -2.38. The summed E-state index contributed by atoms with van der Waals surface area (Å²) in [6, 6.07) is 7.66. The first kappa shape index (κ1) is 23.1. The Morgan fingerprint density at radius 2 is 1.78 bits per heavy atom. The van der Waals surface area contributed by atoms with E-state index in [4.69, 9.17) is 4.98 Å². The molecule has 2 aliphatic carbocycles. The molecule has 3 aliphatic rings. The Morgan fingerprint density at radius 1 is 1.06 bits per heavy atom. The number of amides is 1. The van der Waals surface area contributed by atoms with Gasteiger partial charge >= 0.3 is 0 Å². The number of carbonyl (C=O) groups is 1. The minimum atomic E-state index is -0.641. The lowest BCUT2D eigenvalue weighted by Crippen LogP contribution is -2.39. The maximum absolute atomic E-state index is 14.5. The predicted octanol–water partition coefficient (Wildman–Crippen LogP) is 5.14. The van der Waals surface area contributed by atoms with Crippen molar-refractivity contribution in [3.05, 3.63) is 70.9 Å². The Bertz CT molecular complexity index is 1350. The second kappa shape index (κ2) is 8.11. The average molecular weight is 490 g/mol. The number of piperidine rings is 1. The van der Waals surface area contributed by atoms with E-state index >= 15 is 0 Å². The van der Waals surface area contributed by atoms with E-state index in [1.54, 1.807) is 6.92 Å². The van der Waals surface area contributed by atoms with E-state index < -0.39 is 17.0 Å². The van der Waals surface area contributed by atoms with Crippen molar-refractivity contribution in [2.24, 2.45) is 5.41 Å². The van der Waals surface area contributed by atoms with Crippen LogP contribution in [0.2, 0.25) is 0 Å². The van der Waals surface area contributed by atoms with Crippen molar-refractivity contribution < 1.29 is 13.6 Å². The van der Waals surface area contributed by atoms with E-state index in [0.29, 0.717) is 0 Å². The van der Waals surface area contributed by atoms with Gasteiger partial charge in [0.25, 0.3) is 0 Å². The minimum absolute atomic E-state index is 0.108. The summed E-state index contributed by atoms with van der Waals surface area (Å²) < 4.78 is 29.0. The van der Waals surface area contributed by atoms with Crippen molar-refractivity contribution in [1.82, 2.24) is 25.1 Å². The quantitative estimate of drug-likeness (QED) is 0.509. The molecule has 2 fully saturated rings. The van der Waals surface area contributed by atoms with Gasteiger partial charge in [0.1, 0.15) is 17.5 Å². The molecular weight excluding hydrogens is 460 g/mol. The van der Waals surface area contributed by atoms with Gasteiger partial charge < -0.3 is 4.90 Å². The summed E-state index contributed by atoms with van der Waals surface area (Å²) in [7, 11) is 0. The van der Waals surface area contributed by atoms with Gasteiger partial charge in [0.2, 0.25) is 5.91 Å². The number of fused-ring (bicyclic) bond motifs is 5. The summed E-state index contributed by atoms with van der Waals surface area (Å²) >= 11 is 0. The molecule has 186 valence electrons. The molecule has 8 heteroatoms. The molecule has 3 aromatic rings. The highest BCUT2D eigenvalue weighted by Gasteiger charge is 2.65. The number of halogens is 2. The monoisotopic (exact) mass is 489 g/mol. The molecule has 6 nitrogen and oxygen atoms in total. The highest BCUT2D eigenvalue weighted by Crippen LogP contribution is 2.69. The zero-order valence-electron chi connectivity index (χ0n) is 20.8. The zero-order valence-corrected chi connectivity index (χ0v) is 20.8. The standard InChI is InChI=1S/C28H29F2N5O/c1-16(36)35-13-9-17(10-14-35)26-31-12-8-23(32-26)28-11-7-19(27(28,2)3)18-15-22(33-34-25(18)28)24-20(29)5-4-6-21(24)30/h4-6,8,12,15,17,19H,7,9-11,13-14H2,1-3H3/t19-,28-/m0/s1. The molecule has 1 saturated carbocycles. The van der Waals surface area contributed by atoms with Crippen LogP contribution in [-0.4, -0.2) is 44.1 Å². The molecular formula is C28H29F2N5O. The van der Waals surface area contributed by atoms with E-state index in [1.165, 1.54) is 18.2 Å². The van der Waals surface area contributed by atoms with Crippen molar-refractivity contribution in [3.8, 4) is 11.3 Å². The Balaban J connectivity index is 1.41. The van der Waals surface area contributed by atoms with E-state index in [-0.39, 0.29) is 34.4 Å². The van der Waals surface area contributed by atoms with Crippen LogP contribution < -0.4 is 0 Å². The number of nitrogens with zero attached hydrogens (tertiary/aromatic N) is 5. The predicted molar refractivity (Wildman–Crippen MR) is 130 cm³/mol. The number of rotatable bonds is 3. The summed E-state index contributed by atoms with van der Waals surface area (Å²) in [6.07, 6.45) is 5.36. The third-order valence-corrected chi connectivity index (χ3v) is 9.02. The fourth-order valence-corrected chi connectivity index (χ4v) is 7.02. The van der Waals surface area contributed by atoms with Crippen LogP contribution in [0.25, 0.3) is 11.3 Å². The number of aromatic nitrogens is 4. The SMILES string of the molecule is CC(=O)N1CCC(c2nccc([C@@]34CC[C@@H](c5cc(-c6c(F)cccc6F)nnc53)C4(C)C)n2)CC1. The first-order valence-electron chi connectivity index (χ1n) is 12.7. The van der Waals surface area contributed by atoms with Crippen LogP contribution in [0.1, 0.15) is 81.1 Å². The van der Waals surface area contributed by atoms with E-state index in [9.17, 15) is 13.6 Å². The first-order valence-corrected chi connectivity index (χ1v) is 12.7. The lowest BCUT2D eigenvalue weighted by molar-refractivity contribution is -0.129. The maximum Gasteiger partial charge on any atom is 0.219 e. The summed E-state index contributed by atoms with van der Waals surface area (Å²) in [5, 5.41) is 8.95.